The second-order valence-corrected chi connectivity index (χ2v) is 4.98. The van der Waals surface area contributed by atoms with Crippen molar-refractivity contribution in [1.82, 2.24) is 10.3 Å². The maximum atomic E-state index is 11.8. The van der Waals surface area contributed by atoms with Gasteiger partial charge < -0.3 is 5.32 Å². The summed E-state index contributed by atoms with van der Waals surface area (Å²) < 4.78 is 0. The molecule has 15 heavy (non-hydrogen) atoms. The molecule has 0 fully saturated rings. The molecule has 0 aliphatic rings. The van der Waals surface area contributed by atoms with Crippen molar-refractivity contribution in [3.05, 3.63) is 15.6 Å². The van der Waals surface area contributed by atoms with E-state index in [-0.39, 0.29) is 11.9 Å². The minimum Gasteiger partial charge on any atom is -0.349 e. The smallest absolute Gasteiger partial charge is 0.263 e. The van der Waals surface area contributed by atoms with Crippen LogP contribution in [0.3, 0.4) is 0 Å². The second-order valence-electron chi connectivity index (χ2n) is 3.90. The zero-order chi connectivity index (χ0) is 11.4. The number of aromatic nitrogens is 1. The molecule has 0 saturated heterocycles. The van der Waals surface area contributed by atoms with Gasteiger partial charge in [0, 0.05) is 6.04 Å². The Morgan fingerprint density at radius 2 is 2.20 bits per heavy atom. The average molecular weight is 226 g/mol. The first-order chi connectivity index (χ1) is 7.04. The standard InChI is InChI=1S/C11H18N2OS/c1-5-6-9-13-8(4)10(15-9)11(14)12-7(2)3/h7H,5-6H2,1-4H3,(H,12,14). The van der Waals surface area contributed by atoms with Crippen molar-refractivity contribution in [2.75, 3.05) is 0 Å². The van der Waals surface area contributed by atoms with E-state index in [9.17, 15) is 4.79 Å². The number of rotatable bonds is 4. The van der Waals surface area contributed by atoms with Crippen LogP contribution in [0.5, 0.6) is 0 Å². The van der Waals surface area contributed by atoms with E-state index in [0.717, 1.165) is 28.4 Å². The Morgan fingerprint density at radius 1 is 1.53 bits per heavy atom. The Hall–Kier alpha value is -0.900. The van der Waals surface area contributed by atoms with Gasteiger partial charge in [-0.25, -0.2) is 4.98 Å². The van der Waals surface area contributed by atoms with Gasteiger partial charge in [0.05, 0.1) is 10.7 Å². The first-order valence-corrected chi connectivity index (χ1v) is 6.13. The fourth-order valence-electron chi connectivity index (χ4n) is 1.31. The lowest BCUT2D eigenvalue weighted by atomic mass is 10.3. The summed E-state index contributed by atoms with van der Waals surface area (Å²) in [6.07, 6.45) is 2.03. The molecule has 3 nitrogen and oxygen atoms in total. The number of nitrogens with one attached hydrogen (secondary N) is 1. The fraction of sp³-hybridized carbons (Fsp3) is 0.636. The minimum atomic E-state index is 0.00218. The third-order valence-electron chi connectivity index (χ3n) is 1.93. The molecule has 0 spiro atoms. The van der Waals surface area contributed by atoms with Crippen LogP contribution in [0, 0.1) is 6.92 Å². The van der Waals surface area contributed by atoms with Crippen molar-refractivity contribution < 1.29 is 4.79 Å². The Morgan fingerprint density at radius 3 is 2.73 bits per heavy atom. The van der Waals surface area contributed by atoms with E-state index in [1.807, 2.05) is 20.8 Å². The quantitative estimate of drug-likeness (QED) is 0.857. The number of carbonyl (C=O) groups excluding carboxylic acids is 1. The van der Waals surface area contributed by atoms with Crippen LogP contribution in [0.15, 0.2) is 0 Å². The molecule has 0 atom stereocenters. The van der Waals surface area contributed by atoms with E-state index in [1.165, 1.54) is 11.3 Å². The van der Waals surface area contributed by atoms with Gasteiger partial charge in [-0.15, -0.1) is 11.3 Å². The summed E-state index contributed by atoms with van der Waals surface area (Å²) >= 11 is 1.51. The summed E-state index contributed by atoms with van der Waals surface area (Å²) in [5.41, 5.74) is 0.849. The topological polar surface area (TPSA) is 42.0 Å². The normalized spacial score (nSPS) is 10.7. The minimum absolute atomic E-state index is 0.00218. The number of carbonyl (C=O) groups is 1. The van der Waals surface area contributed by atoms with E-state index < -0.39 is 0 Å². The number of amides is 1. The number of nitrogens with zero attached hydrogens (tertiary/aromatic N) is 1. The number of hydrogen-bond donors (Lipinski definition) is 1. The maximum Gasteiger partial charge on any atom is 0.263 e. The average Bonchev–Trinajstić information content (AvgIpc) is 2.46. The molecule has 0 aliphatic carbocycles. The summed E-state index contributed by atoms with van der Waals surface area (Å²) in [5.74, 6) is 0.00218. The van der Waals surface area contributed by atoms with Gasteiger partial charge in [-0.1, -0.05) is 6.92 Å². The van der Waals surface area contributed by atoms with Gasteiger partial charge >= 0.3 is 0 Å². The predicted molar refractivity (Wildman–Crippen MR) is 63.4 cm³/mol. The molecule has 0 bridgehead atoms. The van der Waals surface area contributed by atoms with Gasteiger partial charge in [0.2, 0.25) is 0 Å². The SMILES string of the molecule is CCCc1nc(C)c(C(=O)NC(C)C)s1. The van der Waals surface area contributed by atoms with Gasteiger partial charge in [0.1, 0.15) is 4.88 Å². The third kappa shape index (κ3) is 3.30. The molecule has 1 aromatic heterocycles. The first-order valence-electron chi connectivity index (χ1n) is 5.31. The lowest BCUT2D eigenvalue weighted by molar-refractivity contribution is 0.0946. The Labute approximate surface area is 94.9 Å². The molecular formula is C11H18N2OS. The van der Waals surface area contributed by atoms with Gasteiger partial charge in [-0.3, -0.25) is 4.79 Å². The van der Waals surface area contributed by atoms with Crippen molar-refractivity contribution >= 4 is 17.2 Å². The van der Waals surface area contributed by atoms with Crippen molar-refractivity contribution in [2.24, 2.45) is 0 Å². The van der Waals surface area contributed by atoms with Gasteiger partial charge in [-0.2, -0.15) is 0 Å². The fourth-order valence-corrected chi connectivity index (χ4v) is 2.38. The maximum absolute atomic E-state index is 11.8. The zero-order valence-corrected chi connectivity index (χ0v) is 10.6. The number of thiazole rings is 1. The highest BCUT2D eigenvalue weighted by molar-refractivity contribution is 7.13. The lowest BCUT2D eigenvalue weighted by Gasteiger charge is -2.06. The monoisotopic (exact) mass is 226 g/mol. The van der Waals surface area contributed by atoms with Crippen LogP contribution in [0.4, 0.5) is 0 Å². The summed E-state index contributed by atoms with van der Waals surface area (Å²) in [6, 6.07) is 0.175. The van der Waals surface area contributed by atoms with Gasteiger partial charge in [-0.05, 0) is 33.6 Å². The molecule has 0 aliphatic heterocycles. The molecule has 0 aromatic carbocycles. The molecule has 1 heterocycles. The molecule has 1 N–H and O–H groups in total. The lowest BCUT2D eigenvalue weighted by Crippen LogP contribution is -2.29. The first kappa shape index (κ1) is 12.2. The number of hydrogen-bond acceptors (Lipinski definition) is 3. The van der Waals surface area contributed by atoms with E-state index in [1.54, 1.807) is 0 Å². The highest BCUT2D eigenvalue weighted by Gasteiger charge is 2.15. The molecule has 0 saturated carbocycles. The van der Waals surface area contributed by atoms with E-state index >= 15 is 0 Å². The zero-order valence-electron chi connectivity index (χ0n) is 9.76. The molecule has 1 amide bonds. The van der Waals surface area contributed by atoms with Crippen LogP contribution in [0.1, 0.15) is 47.6 Å². The summed E-state index contributed by atoms with van der Waals surface area (Å²) in [5, 5.41) is 3.95. The van der Waals surface area contributed by atoms with Crippen LogP contribution in [0.25, 0.3) is 0 Å². The third-order valence-corrected chi connectivity index (χ3v) is 3.15. The van der Waals surface area contributed by atoms with Crippen LogP contribution < -0.4 is 5.32 Å². The molecule has 0 unspecified atom stereocenters. The molecule has 1 aromatic rings. The molecule has 4 heteroatoms. The number of aryl methyl sites for hydroxylation is 2. The summed E-state index contributed by atoms with van der Waals surface area (Å²) in [6.45, 7) is 7.93. The summed E-state index contributed by atoms with van der Waals surface area (Å²) in [7, 11) is 0. The Bertz CT molecular complexity index is 344. The van der Waals surface area contributed by atoms with Crippen LogP contribution >= 0.6 is 11.3 Å². The van der Waals surface area contributed by atoms with Crippen molar-refractivity contribution in [2.45, 2.75) is 46.6 Å². The predicted octanol–water partition coefficient (Wildman–Crippen LogP) is 2.54. The second kappa shape index (κ2) is 5.26. The van der Waals surface area contributed by atoms with Crippen LogP contribution in [-0.4, -0.2) is 16.9 Å². The molecule has 0 radical (unpaired) electrons. The van der Waals surface area contributed by atoms with E-state index in [0.29, 0.717) is 0 Å². The molecule has 1 rings (SSSR count). The molecular weight excluding hydrogens is 208 g/mol. The van der Waals surface area contributed by atoms with Crippen molar-refractivity contribution in [1.29, 1.82) is 0 Å². The Kier molecular flexibility index (Phi) is 4.27. The summed E-state index contributed by atoms with van der Waals surface area (Å²) in [4.78, 5) is 16.9. The largest absolute Gasteiger partial charge is 0.349 e. The highest BCUT2D eigenvalue weighted by Crippen LogP contribution is 2.19. The van der Waals surface area contributed by atoms with Crippen LogP contribution in [-0.2, 0) is 6.42 Å². The van der Waals surface area contributed by atoms with Crippen molar-refractivity contribution in [3.8, 4) is 0 Å². The Balaban J connectivity index is 2.80. The van der Waals surface area contributed by atoms with Crippen molar-refractivity contribution in [3.63, 3.8) is 0 Å². The van der Waals surface area contributed by atoms with Crippen LogP contribution in [0.2, 0.25) is 0 Å². The molecule has 84 valence electrons. The van der Waals surface area contributed by atoms with E-state index in [2.05, 4.69) is 17.2 Å². The van der Waals surface area contributed by atoms with E-state index in [4.69, 9.17) is 0 Å². The van der Waals surface area contributed by atoms with Gasteiger partial charge in [0.25, 0.3) is 5.91 Å². The van der Waals surface area contributed by atoms with Gasteiger partial charge in [0.15, 0.2) is 0 Å². The highest BCUT2D eigenvalue weighted by atomic mass is 32.1.